The molecular formula is C14H19NOS. The third-order valence-corrected chi connectivity index (χ3v) is 4.13. The number of aryl methyl sites for hydroxylation is 2. The van der Waals surface area contributed by atoms with Crippen LogP contribution >= 0.6 is 11.8 Å². The van der Waals surface area contributed by atoms with Crippen LogP contribution in [0.4, 0.5) is 5.69 Å². The molecule has 17 heavy (non-hydrogen) atoms. The van der Waals surface area contributed by atoms with Gasteiger partial charge in [-0.25, -0.2) is 0 Å². The molecule has 1 N–H and O–H groups in total. The summed E-state index contributed by atoms with van der Waals surface area (Å²) < 4.78 is 0. The maximum absolute atomic E-state index is 12.1. The Labute approximate surface area is 107 Å². The fraction of sp³-hybridized carbons (Fsp3) is 0.500. The van der Waals surface area contributed by atoms with Gasteiger partial charge in [0.25, 0.3) is 0 Å². The lowest BCUT2D eigenvalue weighted by atomic mass is 10.0. The summed E-state index contributed by atoms with van der Waals surface area (Å²) in [6.45, 7) is 4.11. The maximum atomic E-state index is 12.1. The molecule has 0 saturated carbocycles. The van der Waals surface area contributed by atoms with Gasteiger partial charge in [0.1, 0.15) is 0 Å². The summed E-state index contributed by atoms with van der Waals surface area (Å²) in [7, 11) is 0. The molecule has 0 aliphatic carbocycles. The molecule has 0 atom stereocenters. The number of anilines is 1. The molecule has 0 bridgehead atoms. The van der Waals surface area contributed by atoms with E-state index in [0.717, 1.165) is 30.0 Å². The van der Waals surface area contributed by atoms with E-state index in [1.807, 2.05) is 23.9 Å². The van der Waals surface area contributed by atoms with Crippen LogP contribution in [0.2, 0.25) is 0 Å². The highest BCUT2D eigenvalue weighted by molar-refractivity contribution is 7.99. The van der Waals surface area contributed by atoms with Crippen LogP contribution in [0.3, 0.4) is 0 Å². The second-order valence-corrected chi connectivity index (χ2v) is 5.98. The van der Waals surface area contributed by atoms with Crippen molar-refractivity contribution in [3.05, 3.63) is 29.3 Å². The van der Waals surface area contributed by atoms with Gasteiger partial charge in [0.2, 0.25) is 5.91 Å². The van der Waals surface area contributed by atoms with E-state index >= 15 is 0 Å². The number of benzene rings is 1. The highest BCUT2D eigenvalue weighted by Gasteiger charge is 2.21. The predicted molar refractivity (Wildman–Crippen MR) is 74.6 cm³/mol. The molecule has 1 fully saturated rings. The highest BCUT2D eigenvalue weighted by Crippen LogP contribution is 2.24. The minimum absolute atomic E-state index is 0.190. The predicted octanol–water partition coefficient (Wildman–Crippen LogP) is 3.39. The van der Waals surface area contributed by atoms with Crippen molar-refractivity contribution in [1.29, 1.82) is 0 Å². The Morgan fingerprint density at radius 3 is 2.35 bits per heavy atom. The van der Waals surface area contributed by atoms with E-state index in [0.29, 0.717) is 0 Å². The zero-order valence-corrected chi connectivity index (χ0v) is 11.3. The fourth-order valence-electron chi connectivity index (χ4n) is 2.25. The Morgan fingerprint density at radius 1 is 1.18 bits per heavy atom. The first kappa shape index (κ1) is 12.5. The van der Waals surface area contributed by atoms with Crippen molar-refractivity contribution in [3.63, 3.8) is 0 Å². The van der Waals surface area contributed by atoms with E-state index in [4.69, 9.17) is 0 Å². The van der Waals surface area contributed by atoms with Crippen LogP contribution in [0.5, 0.6) is 0 Å². The van der Waals surface area contributed by atoms with E-state index in [-0.39, 0.29) is 11.8 Å². The molecule has 3 heteroatoms. The lowest BCUT2D eigenvalue weighted by molar-refractivity contribution is -0.120. The molecule has 1 aliphatic heterocycles. The molecular weight excluding hydrogens is 230 g/mol. The Balaban J connectivity index is 2.01. The first-order chi connectivity index (χ1) is 8.15. The Morgan fingerprint density at radius 2 is 1.76 bits per heavy atom. The van der Waals surface area contributed by atoms with Gasteiger partial charge in [0.05, 0.1) is 0 Å². The van der Waals surface area contributed by atoms with E-state index in [2.05, 4.69) is 25.2 Å². The zero-order chi connectivity index (χ0) is 12.3. The molecule has 0 aromatic heterocycles. The smallest absolute Gasteiger partial charge is 0.227 e. The number of carbonyl (C=O) groups is 1. The normalized spacial score (nSPS) is 16.8. The van der Waals surface area contributed by atoms with Crippen LogP contribution in [0.15, 0.2) is 18.2 Å². The number of nitrogens with one attached hydrogen (secondary N) is 1. The molecule has 1 aromatic carbocycles. The van der Waals surface area contributed by atoms with E-state index in [9.17, 15) is 4.79 Å². The number of carbonyl (C=O) groups excluding carboxylic acids is 1. The molecule has 0 radical (unpaired) electrons. The Hall–Kier alpha value is -0.960. The summed E-state index contributed by atoms with van der Waals surface area (Å²) >= 11 is 1.95. The largest absolute Gasteiger partial charge is 0.326 e. The van der Waals surface area contributed by atoms with E-state index < -0.39 is 0 Å². The number of amides is 1. The van der Waals surface area contributed by atoms with Gasteiger partial charge in [0, 0.05) is 11.6 Å². The van der Waals surface area contributed by atoms with Crippen molar-refractivity contribution in [2.45, 2.75) is 26.7 Å². The van der Waals surface area contributed by atoms with Gasteiger partial charge >= 0.3 is 0 Å². The van der Waals surface area contributed by atoms with Gasteiger partial charge in [0.15, 0.2) is 0 Å². The standard InChI is InChI=1S/C14H19NOS/c1-10-7-11(2)9-13(8-10)15-14(16)12-3-5-17-6-4-12/h7-9,12H,3-6H2,1-2H3,(H,15,16). The van der Waals surface area contributed by atoms with Crippen LogP contribution in [-0.2, 0) is 4.79 Å². The first-order valence-electron chi connectivity index (χ1n) is 6.12. The van der Waals surface area contributed by atoms with Crippen molar-refractivity contribution in [2.24, 2.45) is 5.92 Å². The van der Waals surface area contributed by atoms with Crippen LogP contribution in [0.1, 0.15) is 24.0 Å². The average molecular weight is 249 g/mol. The van der Waals surface area contributed by atoms with Gasteiger partial charge in [-0.2, -0.15) is 11.8 Å². The molecule has 1 heterocycles. The number of rotatable bonds is 2. The van der Waals surface area contributed by atoms with Crippen molar-refractivity contribution >= 4 is 23.4 Å². The molecule has 2 nitrogen and oxygen atoms in total. The van der Waals surface area contributed by atoms with Crippen molar-refractivity contribution in [1.82, 2.24) is 0 Å². The maximum Gasteiger partial charge on any atom is 0.227 e. The Bertz CT molecular complexity index is 390. The third-order valence-electron chi connectivity index (χ3n) is 3.08. The second-order valence-electron chi connectivity index (χ2n) is 4.75. The van der Waals surface area contributed by atoms with Crippen LogP contribution in [-0.4, -0.2) is 17.4 Å². The Kier molecular flexibility index (Phi) is 4.11. The molecule has 1 saturated heterocycles. The first-order valence-corrected chi connectivity index (χ1v) is 7.27. The van der Waals surface area contributed by atoms with E-state index in [1.165, 1.54) is 11.1 Å². The number of thioether (sulfide) groups is 1. The zero-order valence-electron chi connectivity index (χ0n) is 10.5. The summed E-state index contributed by atoms with van der Waals surface area (Å²) in [6, 6.07) is 6.18. The molecule has 92 valence electrons. The molecule has 1 amide bonds. The topological polar surface area (TPSA) is 29.1 Å². The van der Waals surface area contributed by atoms with E-state index in [1.54, 1.807) is 0 Å². The minimum atomic E-state index is 0.190. The molecule has 0 spiro atoms. The lowest BCUT2D eigenvalue weighted by Crippen LogP contribution is -2.26. The summed E-state index contributed by atoms with van der Waals surface area (Å²) in [6.07, 6.45) is 2.03. The summed E-state index contributed by atoms with van der Waals surface area (Å²) in [5.41, 5.74) is 3.32. The summed E-state index contributed by atoms with van der Waals surface area (Å²) in [4.78, 5) is 12.1. The SMILES string of the molecule is Cc1cc(C)cc(NC(=O)C2CCSCC2)c1. The van der Waals surface area contributed by atoms with Crippen LogP contribution in [0, 0.1) is 19.8 Å². The van der Waals surface area contributed by atoms with Gasteiger partial charge in [-0.05, 0) is 61.5 Å². The fourth-order valence-corrected chi connectivity index (χ4v) is 3.36. The quantitative estimate of drug-likeness (QED) is 0.870. The molecule has 2 rings (SSSR count). The van der Waals surface area contributed by atoms with Crippen molar-refractivity contribution in [3.8, 4) is 0 Å². The van der Waals surface area contributed by atoms with Gasteiger partial charge in [-0.15, -0.1) is 0 Å². The van der Waals surface area contributed by atoms with Gasteiger partial charge in [-0.1, -0.05) is 6.07 Å². The monoisotopic (exact) mass is 249 g/mol. The van der Waals surface area contributed by atoms with Gasteiger partial charge < -0.3 is 5.32 Å². The highest BCUT2D eigenvalue weighted by atomic mass is 32.2. The molecule has 1 aliphatic rings. The summed E-state index contributed by atoms with van der Waals surface area (Å²) in [5.74, 6) is 2.63. The third kappa shape index (κ3) is 3.50. The molecule has 1 aromatic rings. The van der Waals surface area contributed by atoms with Gasteiger partial charge in [-0.3, -0.25) is 4.79 Å². The minimum Gasteiger partial charge on any atom is -0.326 e. The summed E-state index contributed by atoms with van der Waals surface area (Å²) in [5, 5.41) is 3.05. The number of hydrogen-bond donors (Lipinski definition) is 1. The van der Waals surface area contributed by atoms with Crippen molar-refractivity contribution < 1.29 is 4.79 Å². The number of hydrogen-bond acceptors (Lipinski definition) is 2. The second kappa shape index (κ2) is 5.58. The van der Waals surface area contributed by atoms with Crippen LogP contribution < -0.4 is 5.32 Å². The molecule has 0 unspecified atom stereocenters. The van der Waals surface area contributed by atoms with Crippen molar-refractivity contribution in [2.75, 3.05) is 16.8 Å². The average Bonchev–Trinajstić information content (AvgIpc) is 2.28. The van der Waals surface area contributed by atoms with Crippen LogP contribution in [0.25, 0.3) is 0 Å². The lowest BCUT2D eigenvalue weighted by Gasteiger charge is -2.20.